The van der Waals surface area contributed by atoms with Crippen LogP contribution >= 0.6 is 24.0 Å². The molecule has 2 fully saturated rings. The number of aliphatic imine (C=N–C) groups is 1. The van der Waals surface area contributed by atoms with Gasteiger partial charge in [-0.3, -0.25) is 4.99 Å². The van der Waals surface area contributed by atoms with Crippen LogP contribution < -0.4 is 10.6 Å². The van der Waals surface area contributed by atoms with Crippen LogP contribution in [0.2, 0.25) is 0 Å². The lowest BCUT2D eigenvalue weighted by atomic mass is 10.1. The molecule has 1 heterocycles. The van der Waals surface area contributed by atoms with E-state index in [1.54, 1.807) is 0 Å². The first-order valence-corrected chi connectivity index (χ1v) is 10.4. The monoisotopic (exact) mass is 499 g/mol. The Morgan fingerprint density at radius 3 is 2.58 bits per heavy atom. The maximum absolute atomic E-state index is 13.4. The van der Waals surface area contributed by atoms with Crippen LogP contribution in [0, 0.1) is 17.6 Å². The molecule has 9 heteroatoms. The first kappa shape index (κ1) is 21.3. The number of rotatable bonds is 5. The van der Waals surface area contributed by atoms with Gasteiger partial charge in [0.1, 0.15) is 0 Å². The fourth-order valence-corrected chi connectivity index (χ4v) is 4.71. The average molecular weight is 499 g/mol. The minimum Gasteiger partial charge on any atom is -0.354 e. The molecule has 0 aromatic heterocycles. The van der Waals surface area contributed by atoms with E-state index in [1.165, 1.54) is 12.1 Å². The van der Waals surface area contributed by atoms with E-state index in [2.05, 4.69) is 15.6 Å². The number of hydrogen-bond donors (Lipinski definition) is 2. The maximum atomic E-state index is 13.4. The van der Waals surface area contributed by atoms with Gasteiger partial charge in [-0.25, -0.2) is 17.2 Å². The Kier molecular flexibility index (Phi) is 7.23. The number of sulfone groups is 1. The lowest BCUT2D eigenvalue weighted by molar-refractivity contribution is 0.504. The number of guanidine groups is 1. The maximum Gasteiger partial charge on any atom is 0.191 e. The molecular formula is C17H24F2IN3O2S. The van der Waals surface area contributed by atoms with Gasteiger partial charge in [-0.1, -0.05) is 6.07 Å². The van der Waals surface area contributed by atoms with Gasteiger partial charge in [-0.2, -0.15) is 0 Å². The predicted octanol–water partition coefficient (Wildman–Crippen LogP) is 2.78. The van der Waals surface area contributed by atoms with Crippen LogP contribution in [0.3, 0.4) is 0 Å². The molecule has 3 rings (SSSR count). The molecular weight excluding hydrogens is 475 g/mol. The summed E-state index contributed by atoms with van der Waals surface area (Å²) in [5, 5.41) is 6.48. The zero-order chi connectivity index (χ0) is 18.0. The summed E-state index contributed by atoms with van der Waals surface area (Å²) in [6.45, 7) is 2.28. The van der Waals surface area contributed by atoms with E-state index < -0.39 is 21.5 Å². The molecule has 2 aliphatic rings. The Balaban J connectivity index is 0.00000243. The SMILES string of the molecule is CC(NC(=NCC1CCS(=O)(=O)C1)NC1CC1)c1ccc(F)c(F)c1.I. The van der Waals surface area contributed by atoms with Gasteiger partial charge in [0.2, 0.25) is 0 Å². The number of halogens is 3. The van der Waals surface area contributed by atoms with Crippen LogP contribution in [-0.2, 0) is 9.84 Å². The molecule has 0 amide bonds. The van der Waals surface area contributed by atoms with Crippen molar-refractivity contribution in [1.29, 1.82) is 0 Å². The molecule has 1 saturated carbocycles. The molecule has 0 spiro atoms. The van der Waals surface area contributed by atoms with Crippen LogP contribution in [0.5, 0.6) is 0 Å². The standard InChI is InChI=1S/C17H23F2N3O2S.HI/c1-11(13-2-5-15(18)16(19)8-13)21-17(22-14-3-4-14)20-9-12-6-7-25(23,24)10-12;/h2,5,8,11-12,14H,3-4,6-7,9-10H2,1H3,(H2,20,21,22);1H. The van der Waals surface area contributed by atoms with E-state index in [0.717, 1.165) is 18.9 Å². The molecule has 1 aliphatic heterocycles. The highest BCUT2D eigenvalue weighted by Crippen LogP contribution is 2.21. The molecule has 1 aromatic rings. The third-order valence-electron chi connectivity index (χ3n) is 4.55. The first-order valence-electron chi connectivity index (χ1n) is 8.55. The van der Waals surface area contributed by atoms with Crippen molar-refractivity contribution in [2.75, 3.05) is 18.1 Å². The molecule has 2 unspecified atom stereocenters. The highest BCUT2D eigenvalue weighted by Gasteiger charge is 2.28. The van der Waals surface area contributed by atoms with Gasteiger partial charge < -0.3 is 10.6 Å². The second-order valence-corrected chi connectivity index (χ2v) is 9.15. The summed E-state index contributed by atoms with van der Waals surface area (Å²) in [7, 11) is -2.92. The molecule has 26 heavy (non-hydrogen) atoms. The van der Waals surface area contributed by atoms with Crippen LogP contribution in [0.15, 0.2) is 23.2 Å². The second-order valence-electron chi connectivity index (χ2n) is 6.92. The van der Waals surface area contributed by atoms with Crippen molar-refractivity contribution in [2.45, 2.75) is 38.3 Å². The highest BCUT2D eigenvalue weighted by molar-refractivity contribution is 14.0. The minimum atomic E-state index is -2.92. The van der Waals surface area contributed by atoms with Gasteiger partial charge in [-0.15, -0.1) is 24.0 Å². The fourth-order valence-electron chi connectivity index (χ4n) is 2.86. The summed E-state index contributed by atoms with van der Waals surface area (Å²) in [4.78, 5) is 4.52. The highest BCUT2D eigenvalue weighted by atomic mass is 127. The summed E-state index contributed by atoms with van der Waals surface area (Å²) in [5.41, 5.74) is 0.618. The van der Waals surface area contributed by atoms with Crippen molar-refractivity contribution in [3.8, 4) is 0 Å². The zero-order valence-electron chi connectivity index (χ0n) is 14.5. The van der Waals surface area contributed by atoms with E-state index in [0.29, 0.717) is 30.5 Å². The van der Waals surface area contributed by atoms with Crippen molar-refractivity contribution in [1.82, 2.24) is 10.6 Å². The lowest BCUT2D eigenvalue weighted by Crippen LogP contribution is -2.40. The number of hydrogen-bond acceptors (Lipinski definition) is 3. The largest absolute Gasteiger partial charge is 0.354 e. The molecule has 1 aromatic carbocycles. The average Bonchev–Trinajstić information content (AvgIpc) is 3.29. The third-order valence-corrected chi connectivity index (χ3v) is 6.39. The first-order chi connectivity index (χ1) is 11.8. The Bertz CT molecular complexity index is 769. The van der Waals surface area contributed by atoms with Crippen LogP contribution in [0.4, 0.5) is 8.78 Å². The van der Waals surface area contributed by atoms with Gasteiger partial charge in [0, 0.05) is 12.6 Å². The van der Waals surface area contributed by atoms with Gasteiger partial charge >= 0.3 is 0 Å². The topological polar surface area (TPSA) is 70.6 Å². The van der Waals surface area contributed by atoms with Crippen molar-refractivity contribution < 1.29 is 17.2 Å². The molecule has 0 radical (unpaired) electrons. The van der Waals surface area contributed by atoms with Crippen LogP contribution in [0.1, 0.15) is 37.8 Å². The minimum absolute atomic E-state index is 0. The Labute approximate surface area is 170 Å². The van der Waals surface area contributed by atoms with E-state index >= 15 is 0 Å². The molecule has 1 aliphatic carbocycles. The normalized spacial score (nSPS) is 23.2. The Morgan fingerprint density at radius 1 is 1.27 bits per heavy atom. The predicted molar refractivity (Wildman–Crippen MR) is 109 cm³/mol. The molecule has 0 bridgehead atoms. The Morgan fingerprint density at radius 2 is 2.00 bits per heavy atom. The smallest absolute Gasteiger partial charge is 0.191 e. The summed E-state index contributed by atoms with van der Waals surface area (Å²) in [6, 6.07) is 3.93. The summed E-state index contributed by atoms with van der Waals surface area (Å²) in [5.74, 6) is -0.701. The Hall–Kier alpha value is -0.970. The van der Waals surface area contributed by atoms with Crippen molar-refractivity contribution >= 4 is 39.8 Å². The molecule has 5 nitrogen and oxygen atoms in total. The summed E-state index contributed by atoms with van der Waals surface area (Å²) >= 11 is 0. The van der Waals surface area contributed by atoms with E-state index in [9.17, 15) is 17.2 Å². The molecule has 2 N–H and O–H groups in total. The van der Waals surface area contributed by atoms with E-state index in [1.807, 2.05) is 6.92 Å². The third kappa shape index (κ3) is 6.04. The van der Waals surface area contributed by atoms with E-state index in [-0.39, 0.29) is 47.4 Å². The quantitative estimate of drug-likeness (QED) is 0.372. The van der Waals surface area contributed by atoms with Gasteiger partial charge in [0.15, 0.2) is 27.4 Å². The second kappa shape index (κ2) is 8.81. The van der Waals surface area contributed by atoms with Gasteiger partial charge in [0.05, 0.1) is 17.5 Å². The van der Waals surface area contributed by atoms with Crippen LogP contribution in [-0.4, -0.2) is 38.5 Å². The molecule has 146 valence electrons. The van der Waals surface area contributed by atoms with Crippen molar-refractivity contribution in [3.63, 3.8) is 0 Å². The van der Waals surface area contributed by atoms with Crippen LogP contribution in [0.25, 0.3) is 0 Å². The number of nitrogens with zero attached hydrogens (tertiary/aromatic N) is 1. The van der Waals surface area contributed by atoms with Gasteiger partial charge in [-0.05, 0) is 49.8 Å². The van der Waals surface area contributed by atoms with Crippen molar-refractivity contribution in [2.24, 2.45) is 10.9 Å². The summed E-state index contributed by atoms with van der Waals surface area (Å²) in [6.07, 6.45) is 2.78. The van der Waals surface area contributed by atoms with Crippen molar-refractivity contribution in [3.05, 3.63) is 35.4 Å². The zero-order valence-corrected chi connectivity index (χ0v) is 17.7. The number of benzene rings is 1. The van der Waals surface area contributed by atoms with Gasteiger partial charge in [0.25, 0.3) is 0 Å². The van der Waals surface area contributed by atoms with E-state index in [4.69, 9.17) is 0 Å². The summed E-state index contributed by atoms with van der Waals surface area (Å²) < 4.78 is 49.6. The lowest BCUT2D eigenvalue weighted by Gasteiger charge is -2.19. The molecule has 2 atom stereocenters. The molecule has 1 saturated heterocycles. The number of nitrogens with one attached hydrogen (secondary N) is 2. The fraction of sp³-hybridized carbons (Fsp3) is 0.588.